The normalized spacial score (nSPS) is 19.0. The van der Waals surface area contributed by atoms with Crippen molar-refractivity contribution in [2.75, 3.05) is 11.4 Å². The molecule has 0 spiro atoms. The van der Waals surface area contributed by atoms with Crippen molar-refractivity contribution < 1.29 is 18.0 Å². The molecule has 9 heteroatoms. The van der Waals surface area contributed by atoms with E-state index in [0.717, 1.165) is 12.1 Å². The highest BCUT2D eigenvalue weighted by atomic mass is 32.2. The maximum absolute atomic E-state index is 12.6. The highest BCUT2D eigenvalue weighted by Crippen LogP contribution is 2.35. The summed E-state index contributed by atoms with van der Waals surface area (Å²) in [6, 6.07) is 4.65. The Labute approximate surface area is 132 Å². The van der Waals surface area contributed by atoms with Gasteiger partial charge in [-0.1, -0.05) is 23.1 Å². The minimum atomic E-state index is -4.37. The largest absolute Gasteiger partial charge is 0.416 e. The van der Waals surface area contributed by atoms with Gasteiger partial charge in [0.25, 0.3) is 0 Å². The number of nitrogens with zero attached hydrogens (tertiary/aromatic N) is 3. The maximum atomic E-state index is 12.6. The fraction of sp³-hybridized carbons (Fsp3) is 0.308. The Kier molecular flexibility index (Phi) is 4.09. The van der Waals surface area contributed by atoms with Crippen LogP contribution in [0, 0.1) is 0 Å². The predicted octanol–water partition coefficient (Wildman–Crippen LogP) is 3.45. The second kappa shape index (κ2) is 5.88. The minimum absolute atomic E-state index is 0.111. The summed E-state index contributed by atoms with van der Waals surface area (Å²) >= 11 is 2.70. The molecule has 4 nitrogen and oxygen atoms in total. The molecule has 0 radical (unpaired) electrons. The quantitative estimate of drug-likeness (QED) is 0.855. The number of amides is 1. The molecule has 1 aliphatic heterocycles. The number of rotatable bonds is 3. The molecule has 22 heavy (non-hydrogen) atoms. The summed E-state index contributed by atoms with van der Waals surface area (Å²) < 4.78 is 38.4. The lowest BCUT2D eigenvalue weighted by atomic mass is 10.2. The van der Waals surface area contributed by atoms with Gasteiger partial charge in [0.1, 0.15) is 5.51 Å². The maximum Gasteiger partial charge on any atom is 0.416 e. The van der Waals surface area contributed by atoms with Crippen molar-refractivity contribution in [3.05, 3.63) is 35.3 Å². The summed E-state index contributed by atoms with van der Waals surface area (Å²) in [7, 11) is 0. The monoisotopic (exact) mass is 345 g/mol. The van der Waals surface area contributed by atoms with E-state index in [0.29, 0.717) is 23.0 Å². The van der Waals surface area contributed by atoms with Crippen molar-refractivity contribution in [3.8, 4) is 0 Å². The molecular formula is C13H10F3N3OS2. The molecule has 1 atom stereocenters. The van der Waals surface area contributed by atoms with Crippen LogP contribution in [0.3, 0.4) is 0 Å². The molecule has 1 aromatic carbocycles. The summed E-state index contributed by atoms with van der Waals surface area (Å²) in [4.78, 5) is 13.9. The van der Waals surface area contributed by atoms with E-state index in [1.54, 1.807) is 5.51 Å². The fourth-order valence-corrected chi connectivity index (χ4v) is 3.95. The number of thioether (sulfide) groups is 1. The molecule has 0 bridgehead atoms. The number of anilines is 1. The number of benzene rings is 1. The smallest absolute Gasteiger partial charge is 0.311 e. The predicted molar refractivity (Wildman–Crippen MR) is 78.0 cm³/mol. The van der Waals surface area contributed by atoms with Crippen LogP contribution in [-0.2, 0) is 11.0 Å². The third-order valence-corrected chi connectivity index (χ3v) is 5.31. The lowest BCUT2D eigenvalue weighted by Crippen LogP contribution is -2.28. The van der Waals surface area contributed by atoms with Gasteiger partial charge in [0, 0.05) is 12.2 Å². The highest BCUT2D eigenvalue weighted by Gasteiger charge is 2.35. The molecule has 0 aliphatic carbocycles. The van der Waals surface area contributed by atoms with E-state index >= 15 is 0 Å². The standard InChI is InChI=1S/C13H10F3N3OS2/c14-13(15,16)8-1-3-9(4-2-8)19-6-5-10(11(19)20)22-12-18-17-7-21-12/h1-4,7,10H,5-6H2. The van der Waals surface area contributed by atoms with E-state index in [1.165, 1.54) is 40.1 Å². The topological polar surface area (TPSA) is 46.1 Å². The molecule has 0 saturated carbocycles. The van der Waals surface area contributed by atoms with E-state index < -0.39 is 11.7 Å². The average Bonchev–Trinajstić information content (AvgIpc) is 3.10. The van der Waals surface area contributed by atoms with Crippen LogP contribution >= 0.6 is 23.1 Å². The van der Waals surface area contributed by atoms with Crippen molar-refractivity contribution in [3.63, 3.8) is 0 Å². The van der Waals surface area contributed by atoms with E-state index in [2.05, 4.69) is 10.2 Å². The Morgan fingerprint density at radius 2 is 2.00 bits per heavy atom. The molecule has 0 N–H and O–H groups in total. The lowest BCUT2D eigenvalue weighted by molar-refractivity contribution is -0.137. The molecule has 3 rings (SSSR count). The van der Waals surface area contributed by atoms with E-state index in [4.69, 9.17) is 0 Å². The number of halogens is 3. The van der Waals surface area contributed by atoms with Gasteiger partial charge < -0.3 is 4.90 Å². The van der Waals surface area contributed by atoms with Crippen LogP contribution in [0.1, 0.15) is 12.0 Å². The first kappa shape index (κ1) is 15.3. The molecular weight excluding hydrogens is 335 g/mol. The van der Waals surface area contributed by atoms with Gasteiger partial charge in [0.2, 0.25) is 5.91 Å². The summed E-state index contributed by atoms with van der Waals surface area (Å²) in [6.45, 7) is 0.487. The van der Waals surface area contributed by atoms with Crippen LogP contribution in [0.2, 0.25) is 0 Å². The van der Waals surface area contributed by atoms with Gasteiger partial charge in [-0.3, -0.25) is 4.79 Å². The van der Waals surface area contributed by atoms with Crippen molar-refractivity contribution in [1.29, 1.82) is 0 Å². The number of hydrogen-bond donors (Lipinski definition) is 0. The highest BCUT2D eigenvalue weighted by molar-refractivity contribution is 8.02. The fourth-order valence-electron chi connectivity index (χ4n) is 2.19. The van der Waals surface area contributed by atoms with Gasteiger partial charge >= 0.3 is 6.18 Å². The van der Waals surface area contributed by atoms with Gasteiger partial charge in [0.05, 0.1) is 10.8 Å². The van der Waals surface area contributed by atoms with Crippen molar-refractivity contribution in [2.45, 2.75) is 22.2 Å². The summed E-state index contributed by atoms with van der Waals surface area (Å²) in [6.07, 6.45) is -3.74. The van der Waals surface area contributed by atoms with Crippen LogP contribution in [0.15, 0.2) is 34.1 Å². The first-order chi connectivity index (χ1) is 10.4. The van der Waals surface area contributed by atoms with Gasteiger partial charge in [0.15, 0.2) is 4.34 Å². The van der Waals surface area contributed by atoms with E-state index in [-0.39, 0.29) is 11.2 Å². The van der Waals surface area contributed by atoms with E-state index in [9.17, 15) is 18.0 Å². The Bertz CT molecular complexity index is 658. The molecule has 1 unspecified atom stereocenters. The lowest BCUT2D eigenvalue weighted by Gasteiger charge is -2.17. The Hall–Kier alpha value is -1.61. The average molecular weight is 345 g/mol. The molecule has 1 amide bonds. The minimum Gasteiger partial charge on any atom is -0.311 e. The zero-order valence-electron chi connectivity index (χ0n) is 11.1. The van der Waals surface area contributed by atoms with Gasteiger partial charge in [-0.15, -0.1) is 10.2 Å². The Balaban J connectivity index is 1.72. The van der Waals surface area contributed by atoms with Crippen LogP contribution < -0.4 is 4.90 Å². The summed E-state index contributed by atoms with van der Waals surface area (Å²) in [5, 5.41) is 7.33. The zero-order chi connectivity index (χ0) is 15.7. The molecule has 116 valence electrons. The Morgan fingerprint density at radius 1 is 1.27 bits per heavy atom. The third-order valence-electron chi connectivity index (χ3n) is 3.25. The molecule has 1 saturated heterocycles. The van der Waals surface area contributed by atoms with Crippen molar-refractivity contribution in [2.24, 2.45) is 0 Å². The zero-order valence-corrected chi connectivity index (χ0v) is 12.7. The summed E-state index contributed by atoms with van der Waals surface area (Å²) in [5.74, 6) is -0.111. The molecule has 1 fully saturated rings. The van der Waals surface area contributed by atoms with Crippen molar-refractivity contribution >= 4 is 34.7 Å². The second-order valence-electron chi connectivity index (χ2n) is 4.63. The number of alkyl halides is 3. The number of aromatic nitrogens is 2. The number of carbonyl (C=O) groups excluding carboxylic acids is 1. The second-order valence-corrected chi connectivity index (χ2v) is 6.92. The molecule has 2 aromatic rings. The first-order valence-electron chi connectivity index (χ1n) is 6.36. The molecule has 1 aromatic heterocycles. The SMILES string of the molecule is O=C1C(Sc2nncs2)CCN1c1ccc(C(F)(F)F)cc1. The van der Waals surface area contributed by atoms with Gasteiger partial charge in [-0.05, 0) is 30.7 Å². The van der Waals surface area contributed by atoms with Crippen LogP contribution in [0.4, 0.5) is 18.9 Å². The Morgan fingerprint density at radius 3 is 2.59 bits per heavy atom. The number of carbonyl (C=O) groups is 1. The van der Waals surface area contributed by atoms with E-state index in [1.807, 2.05) is 0 Å². The third kappa shape index (κ3) is 3.09. The van der Waals surface area contributed by atoms with Crippen molar-refractivity contribution in [1.82, 2.24) is 10.2 Å². The first-order valence-corrected chi connectivity index (χ1v) is 8.12. The molecule has 2 heterocycles. The summed E-state index contributed by atoms with van der Waals surface area (Å²) in [5.41, 5.74) is 1.36. The van der Waals surface area contributed by atoms with Gasteiger partial charge in [-0.2, -0.15) is 13.2 Å². The van der Waals surface area contributed by atoms with Crippen LogP contribution in [-0.4, -0.2) is 27.9 Å². The van der Waals surface area contributed by atoms with Crippen LogP contribution in [0.5, 0.6) is 0 Å². The van der Waals surface area contributed by atoms with Gasteiger partial charge in [-0.25, -0.2) is 0 Å². The number of hydrogen-bond acceptors (Lipinski definition) is 5. The molecule has 1 aliphatic rings. The van der Waals surface area contributed by atoms with Crippen LogP contribution in [0.25, 0.3) is 0 Å².